The van der Waals surface area contributed by atoms with E-state index in [1.54, 1.807) is 30.3 Å². The van der Waals surface area contributed by atoms with Crippen LogP contribution in [-0.2, 0) is 11.4 Å². The van der Waals surface area contributed by atoms with Gasteiger partial charge < -0.3 is 14.4 Å². The number of anilines is 1. The average Bonchev–Trinajstić information content (AvgIpc) is 3.05. The lowest BCUT2D eigenvalue weighted by molar-refractivity contribution is -0.113. The van der Waals surface area contributed by atoms with Gasteiger partial charge in [-0.15, -0.1) is 0 Å². The first-order chi connectivity index (χ1) is 16.4. The molecule has 1 aliphatic rings. The number of hydrogen-bond acceptors (Lipinski definition) is 3. The summed E-state index contributed by atoms with van der Waals surface area (Å²) in [5.41, 5.74) is 3.55. The molecule has 0 saturated heterocycles. The molecule has 0 bridgehead atoms. The molecular weight excluding hydrogens is 453 g/mol. The summed E-state index contributed by atoms with van der Waals surface area (Å²) in [6, 6.07) is 17.7. The highest BCUT2D eigenvalue weighted by Gasteiger charge is 2.32. The number of nitrogens with zero attached hydrogens (tertiary/aromatic N) is 1. The number of ether oxygens (including phenoxy) is 2. The van der Waals surface area contributed by atoms with Gasteiger partial charge in [0.05, 0.1) is 17.3 Å². The number of carbonyl (C=O) groups is 1. The van der Waals surface area contributed by atoms with Crippen LogP contribution in [0, 0.1) is 11.7 Å². The summed E-state index contributed by atoms with van der Waals surface area (Å²) in [5, 5.41) is 0.326. The normalized spacial score (nSPS) is 14.1. The fourth-order valence-electron chi connectivity index (χ4n) is 4.00. The summed E-state index contributed by atoms with van der Waals surface area (Å²) in [6.07, 6.45) is 1.83. The fraction of sp³-hybridized carbons (Fsp3) is 0.250. The van der Waals surface area contributed by atoms with E-state index in [0.29, 0.717) is 46.7 Å². The van der Waals surface area contributed by atoms with Crippen molar-refractivity contribution < 1.29 is 18.7 Å². The second-order valence-corrected chi connectivity index (χ2v) is 8.94. The van der Waals surface area contributed by atoms with Crippen molar-refractivity contribution in [2.75, 3.05) is 18.1 Å². The summed E-state index contributed by atoms with van der Waals surface area (Å²) in [5.74, 6) is 0.733. The van der Waals surface area contributed by atoms with E-state index in [1.165, 1.54) is 6.07 Å². The summed E-state index contributed by atoms with van der Waals surface area (Å²) in [4.78, 5) is 15.1. The van der Waals surface area contributed by atoms with Crippen LogP contribution < -0.4 is 14.4 Å². The molecule has 0 fully saturated rings. The van der Waals surface area contributed by atoms with Gasteiger partial charge in [-0.2, -0.15) is 0 Å². The number of hydrogen-bond donors (Lipinski definition) is 0. The molecule has 0 spiro atoms. The quantitative estimate of drug-likeness (QED) is 0.326. The molecule has 0 saturated carbocycles. The van der Waals surface area contributed by atoms with E-state index < -0.39 is 0 Å². The van der Waals surface area contributed by atoms with E-state index in [2.05, 4.69) is 13.8 Å². The minimum atomic E-state index is -0.345. The lowest BCUT2D eigenvalue weighted by atomic mass is 10.0. The highest BCUT2D eigenvalue weighted by atomic mass is 35.5. The van der Waals surface area contributed by atoms with Crippen molar-refractivity contribution in [3.63, 3.8) is 0 Å². The molecular formula is C28H27ClFNO3. The maximum absolute atomic E-state index is 14.0. The molecule has 1 amide bonds. The summed E-state index contributed by atoms with van der Waals surface area (Å²) < 4.78 is 25.7. The summed E-state index contributed by atoms with van der Waals surface area (Å²) >= 11 is 6.57. The van der Waals surface area contributed by atoms with E-state index in [4.69, 9.17) is 21.1 Å². The van der Waals surface area contributed by atoms with Crippen LogP contribution in [0.3, 0.4) is 0 Å². The number of amides is 1. The zero-order valence-corrected chi connectivity index (χ0v) is 20.2. The third-order valence-corrected chi connectivity index (χ3v) is 5.76. The van der Waals surface area contributed by atoms with Crippen molar-refractivity contribution in [3.05, 3.63) is 88.2 Å². The number of rotatable bonds is 8. The zero-order valence-electron chi connectivity index (χ0n) is 19.5. The molecule has 1 aliphatic heterocycles. The predicted octanol–water partition coefficient (Wildman–Crippen LogP) is 7.00. The maximum Gasteiger partial charge on any atom is 0.259 e. The van der Waals surface area contributed by atoms with Crippen LogP contribution in [0.4, 0.5) is 10.1 Å². The molecule has 0 radical (unpaired) electrons. The molecule has 4 rings (SSSR count). The van der Waals surface area contributed by atoms with E-state index >= 15 is 0 Å². The molecule has 34 heavy (non-hydrogen) atoms. The Morgan fingerprint density at radius 2 is 1.79 bits per heavy atom. The van der Waals surface area contributed by atoms with Gasteiger partial charge in [0, 0.05) is 23.2 Å². The van der Waals surface area contributed by atoms with Gasteiger partial charge in [0.2, 0.25) is 0 Å². The topological polar surface area (TPSA) is 38.8 Å². The Bertz CT molecular complexity index is 1240. The van der Waals surface area contributed by atoms with E-state index in [-0.39, 0.29) is 18.3 Å². The third kappa shape index (κ3) is 4.95. The number of carbonyl (C=O) groups excluding carboxylic acids is 1. The second kappa shape index (κ2) is 10.3. The fourth-order valence-corrected chi connectivity index (χ4v) is 4.27. The first kappa shape index (κ1) is 23.8. The molecule has 0 unspecified atom stereocenters. The molecule has 0 aromatic heterocycles. The van der Waals surface area contributed by atoms with Crippen molar-refractivity contribution in [1.82, 2.24) is 0 Å². The Kier molecular flexibility index (Phi) is 7.23. The largest absolute Gasteiger partial charge is 0.490 e. The van der Waals surface area contributed by atoms with Crippen LogP contribution in [0.15, 0.2) is 60.7 Å². The highest BCUT2D eigenvalue weighted by molar-refractivity contribution is 6.36. The third-order valence-electron chi connectivity index (χ3n) is 5.48. The number of para-hydroxylation sites is 1. The molecule has 3 aromatic rings. The number of halogens is 2. The SMILES string of the molecule is CCOc1cc(/C=C2\C(=O)N(CC(C)C)c3ccccc32)cc(Cl)c1OCc1ccccc1F. The minimum absolute atomic E-state index is 0.0168. The number of benzene rings is 3. The van der Waals surface area contributed by atoms with Crippen molar-refractivity contribution in [2.24, 2.45) is 5.92 Å². The van der Waals surface area contributed by atoms with Crippen molar-refractivity contribution in [2.45, 2.75) is 27.4 Å². The highest BCUT2D eigenvalue weighted by Crippen LogP contribution is 2.41. The van der Waals surface area contributed by atoms with Gasteiger partial charge in [0.25, 0.3) is 5.91 Å². The molecule has 3 aromatic carbocycles. The van der Waals surface area contributed by atoms with E-state index in [1.807, 2.05) is 42.2 Å². The van der Waals surface area contributed by atoms with Crippen molar-refractivity contribution >= 4 is 34.8 Å². The lowest BCUT2D eigenvalue weighted by Gasteiger charge is -2.19. The predicted molar refractivity (Wildman–Crippen MR) is 135 cm³/mol. The Hall–Kier alpha value is -3.31. The number of fused-ring (bicyclic) bond motifs is 1. The molecule has 0 atom stereocenters. The van der Waals surface area contributed by atoms with Crippen molar-refractivity contribution in [1.29, 1.82) is 0 Å². The second-order valence-electron chi connectivity index (χ2n) is 8.53. The monoisotopic (exact) mass is 479 g/mol. The zero-order chi connectivity index (χ0) is 24.2. The molecule has 6 heteroatoms. The van der Waals surface area contributed by atoms with Crippen LogP contribution >= 0.6 is 11.6 Å². The van der Waals surface area contributed by atoms with Gasteiger partial charge >= 0.3 is 0 Å². The Morgan fingerprint density at radius 3 is 2.53 bits per heavy atom. The molecule has 0 aliphatic carbocycles. The van der Waals surface area contributed by atoms with Crippen LogP contribution in [-0.4, -0.2) is 19.1 Å². The van der Waals surface area contributed by atoms with Gasteiger partial charge in [-0.3, -0.25) is 4.79 Å². The maximum atomic E-state index is 14.0. The van der Waals surface area contributed by atoms with Crippen LogP contribution in [0.5, 0.6) is 11.5 Å². The molecule has 0 N–H and O–H groups in total. The Morgan fingerprint density at radius 1 is 1.06 bits per heavy atom. The average molecular weight is 480 g/mol. The van der Waals surface area contributed by atoms with Crippen LogP contribution in [0.1, 0.15) is 37.5 Å². The van der Waals surface area contributed by atoms with Gasteiger partial charge in [-0.05, 0) is 48.7 Å². The first-order valence-electron chi connectivity index (χ1n) is 11.3. The van der Waals surface area contributed by atoms with E-state index in [9.17, 15) is 9.18 Å². The van der Waals surface area contributed by atoms with Gasteiger partial charge in [-0.25, -0.2) is 4.39 Å². The van der Waals surface area contributed by atoms with Gasteiger partial charge in [-0.1, -0.05) is 61.8 Å². The standard InChI is InChI=1S/C28H27ClFNO3/c1-4-33-26-15-19(14-23(29)27(26)34-17-20-9-5-7-11-24(20)30)13-22-21-10-6-8-12-25(21)31(28(22)32)16-18(2)3/h5-15,18H,4,16-17H2,1-3H3/b22-13-. The Labute approximate surface area is 204 Å². The summed E-state index contributed by atoms with van der Waals surface area (Å²) in [7, 11) is 0. The molecule has 1 heterocycles. The molecule has 176 valence electrons. The van der Waals surface area contributed by atoms with Crippen LogP contribution in [0.2, 0.25) is 5.02 Å². The first-order valence-corrected chi connectivity index (χ1v) is 11.7. The lowest BCUT2D eigenvalue weighted by Crippen LogP contribution is -2.30. The van der Waals surface area contributed by atoms with Crippen LogP contribution in [0.25, 0.3) is 11.6 Å². The van der Waals surface area contributed by atoms with E-state index in [0.717, 1.165) is 16.8 Å². The minimum Gasteiger partial charge on any atom is -0.490 e. The van der Waals surface area contributed by atoms with Gasteiger partial charge in [0.1, 0.15) is 12.4 Å². The summed E-state index contributed by atoms with van der Waals surface area (Å²) in [6.45, 7) is 7.10. The van der Waals surface area contributed by atoms with Gasteiger partial charge in [0.15, 0.2) is 11.5 Å². The Balaban J connectivity index is 1.68. The smallest absolute Gasteiger partial charge is 0.259 e. The van der Waals surface area contributed by atoms with Crippen molar-refractivity contribution in [3.8, 4) is 11.5 Å². The molecule has 4 nitrogen and oxygen atoms in total.